The van der Waals surface area contributed by atoms with E-state index in [1.165, 1.54) is 44.3 Å². The number of benzene rings is 1. The molecule has 1 aliphatic heterocycles. The van der Waals surface area contributed by atoms with E-state index in [0.717, 1.165) is 19.0 Å². The second-order valence-electron chi connectivity index (χ2n) is 6.22. The minimum Gasteiger partial charge on any atom is -0.315 e. The molecule has 0 aliphatic carbocycles. The number of hydrogen-bond donors (Lipinski definition) is 1. The molecule has 1 aromatic rings. The molecule has 1 aliphatic rings. The summed E-state index contributed by atoms with van der Waals surface area (Å²) in [5.74, 6) is 0.879. The van der Waals surface area contributed by atoms with Gasteiger partial charge in [0.2, 0.25) is 0 Å². The molecule has 1 N–H and O–H groups in total. The first kappa shape index (κ1) is 15.5. The summed E-state index contributed by atoms with van der Waals surface area (Å²) in [5, 5.41) is 3.54. The predicted octanol–water partition coefficient (Wildman–Crippen LogP) is 3.33. The van der Waals surface area contributed by atoms with Gasteiger partial charge in [-0.2, -0.15) is 0 Å². The molecule has 0 radical (unpaired) electrons. The molecular weight excluding hydrogens is 244 g/mol. The van der Waals surface area contributed by atoms with E-state index in [4.69, 9.17) is 0 Å². The highest BCUT2D eigenvalue weighted by Gasteiger charge is 2.22. The van der Waals surface area contributed by atoms with Crippen LogP contribution in [0.5, 0.6) is 0 Å². The summed E-state index contributed by atoms with van der Waals surface area (Å²) < 4.78 is 0. The van der Waals surface area contributed by atoms with Gasteiger partial charge in [-0.05, 0) is 63.7 Å². The van der Waals surface area contributed by atoms with Gasteiger partial charge in [0.25, 0.3) is 0 Å². The van der Waals surface area contributed by atoms with Crippen LogP contribution in [0, 0.1) is 5.92 Å². The molecule has 0 spiro atoms. The van der Waals surface area contributed by atoms with Crippen LogP contribution in [0.15, 0.2) is 30.3 Å². The summed E-state index contributed by atoms with van der Waals surface area (Å²) in [5.41, 5.74) is 1.50. The minimum atomic E-state index is 0.680. The third-order valence-corrected chi connectivity index (χ3v) is 4.51. The molecule has 2 nitrogen and oxygen atoms in total. The lowest BCUT2D eigenvalue weighted by Gasteiger charge is -2.36. The van der Waals surface area contributed by atoms with Crippen LogP contribution in [0.3, 0.4) is 0 Å². The van der Waals surface area contributed by atoms with Gasteiger partial charge in [-0.1, -0.05) is 37.3 Å². The van der Waals surface area contributed by atoms with Crippen molar-refractivity contribution in [2.75, 3.05) is 26.2 Å². The fraction of sp³-hybridized carbons (Fsp3) is 0.667. The van der Waals surface area contributed by atoms with Gasteiger partial charge in [0, 0.05) is 12.6 Å². The topological polar surface area (TPSA) is 15.3 Å². The van der Waals surface area contributed by atoms with Gasteiger partial charge < -0.3 is 5.32 Å². The molecule has 0 amide bonds. The Morgan fingerprint density at radius 2 is 1.90 bits per heavy atom. The van der Waals surface area contributed by atoms with E-state index < -0.39 is 0 Å². The van der Waals surface area contributed by atoms with Crippen LogP contribution < -0.4 is 5.32 Å². The summed E-state index contributed by atoms with van der Waals surface area (Å²) in [4.78, 5) is 2.66. The second kappa shape index (κ2) is 8.43. The number of nitrogens with one attached hydrogen (secondary N) is 1. The normalized spacial score (nSPS) is 19.1. The van der Waals surface area contributed by atoms with Crippen molar-refractivity contribution in [2.45, 2.75) is 45.6 Å². The summed E-state index contributed by atoms with van der Waals surface area (Å²) >= 11 is 0. The van der Waals surface area contributed by atoms with Crippen LogP contribution in [0.2, 0.25) is 0 Å². The van der Waals surface area contributed by atoms with Crippen LogP contribution in [-0.2, 0) is 6.42 Å². The van der Waals surface area contributed by atoms with Crippen molar-refractivity contribution >= 4 is 0 Å². The fourth-order valence-corrected chi connectivity index (χ4v) is 3.16. The fourth-order valence-electron chi connectivity index (χ4n) is 3.16. The van der Waals surface area contributed by atoms with Crippen LogP contribution in [0.1, 0.15) is 38.7 Å². The summed E-state index contributed by atoms with van der Waals surface area (Å²) in [7, 11) is 0. The van der Waals surface area contributed by atoms with Gasteiger partial charge >= 0.3 is 0 Å². The Hall–Kier alpha value is -0.860. The first-order valence-electron chi connectivity index (χ1n) is 8.28. The summed E-state index contributed by atoms with van der Waals surface area (Å²) in [6.45, 7) is 9.41. The molecule has 0 bridgehead atoms. The van der Waals surface area contributed by atoms with E-state index in [2.05, 4.69) is 54.4 Å². The Morgan fingerprint density at radius 1 is 1.20 bits per heavy atom. The monoisotopic (exact) mass is 274 g/mol. The van der Waals surface area contributed by atoms with Crippen molar-refractivity contribution in [3.63, 3.8) is 0 Å². The Bertz CT molecular complexity index is 355. The third kappa shape index (κ3) is 4.92. The average Bonchev–Trinajstić information content (AvgIpc) is 2.49. The number of rotatable bonds is 7. The molecule has 112 valence electrons. The van der Waals surface area contributed by atoms with Crippen molar-refractivity contribution in [3.8, 4) is 0 Å². The van der Waals surface area contributed by atoms with E-state index in [9.17, 15) is 0 Å². The van der Waals surface area contributed by atoms with E-state index in [-0.39, 0.29) is 0 Å². The van der Waals surface area contributed by atoms with E-state index in [1.54, 1.807) is 0 Å². The van der Waals surface area contributed by atoms with Gasteiger partial charge in [-0.25, -0.2) is 0 Å². The van der Waals surface area contributed by atoms with Gasteiger partial charge in [-0.15, -0.1) is 0 Å². The largest absolute Gasteiger partial charge is 0.315 e. The van der Waals surface area contributed by atoms with Crippen LogP contribution in [0.4, 0.5) is 0 Å². The van der Waals surface area contributed by atoms with Crippen LogP contribution >= 0.6 is 0 Å². The van der Waals surface area contributed by atoms with E-state index in [1.807, 2.05) is 0 Å². The van der Waals surface area contributed by atoms with Crippen molar-refractivity contribution in [2.24, 2.45) is 5.92 Å². The highest BCUT2D eigenvalue weighted by Crippen LogP contribution is 2.22. The first-order chi connectivity index (χ1) is 9.79. The molecule has 0 saturated carbocycles. The lowest BCUT2D eigenvalue weighted by atomic mass is 9.89. The Labute approximate surface area is 124 Å². The quantitative estimate of drug-likeness (QED) is 0.767. The highest BCUT2D eigenvalue weighted by molar-refractivity contribution is 5.15. The molecule has 2 heteroatoms. The molecule has 20 heavy (non-hydrogen) atoms. The van der Waals surface area contributed by atoms with Gasteiger partial charge in [0.05, 0.1) is 0 Å². The maximum Gasteiger partial charge on any atom is 0.0192 e. The Kier molecular flexibility index (Phi) is 6.55. The lowest BCUT2D eigenvalue weighted by Crippen LogP contribution is -2.45. The summed E-state index contributed by atoms with van der Waals surface area (Å²) in [6.07, 6.45) is 5.20. The standard InChI is InChI=1S/C18H30N2/c1-3-11-19-15-16(2)20-12-9-18(10-13-20)14-17-7-5-4-6-8-17/h4-8,16,18-19H,3,9-15H2,1-2H3. The molecule has 1 heterocycles. The van der Waals surface area contributed by atoms with Gasteiger partial charge in [0.1, 0.15) is 0 Å². The maximum atomic E-state index is 3.54. The average molecular weight is 274 g/mol. The van der Waals surface area contributed by atoms with Crippen LogP contribution in [-0.4, -0.2) is 37.1 Å². The number of nitrogens with zero attached hydrogens (tertiary/aromatic N) is 1. The van der Waals surface area contributed by atoms with Crippen molar-refractivity contribution in [1.82, 2.24) is 10.2 Å². The zero-order chi connectivity index (χ0) is 14.2. The summed E-state index contributed by atoms with van der Waals surface area (Å²) in [6, 6.07) is 11.6. The number of likely N-dealkylation sites (tertiary alicyclic amines) is 1. The third-order valence-electron chi connectivity index (χ3n) is 4.51. The molecule has 1 fully saturated rings. The molecule has 1 unspecified atom stereocenters. The smallest absolute Gasteiger partial charge is 0.0192 e. The zero-order valence-corrected chi connectivity index (χ0v) is 13.1. The van der Waals surface area contributed by atoms with Crippen molar-refractivity contribution in [1.29, 1.82) is 0 Å². The molecule has 2 rings (SSSR count). The van der Waals surface area contributed by atoms with Gasteiger partial charge in [0.15, 0.2) is 0 Å². The zero-order valence-electron chi connectivity index (χ0n) is 13.1. The highest BCUT2D eigenvalue weighted by atomic mass is 15.2. The molecule has 1 atom stereocenters. The molecule has 1 aromatic carbocycles. The van der Waals surface area contributed by atoms with E-state index in [0.29, 0.717) is 6.04 Å². The van der Waals surface area contributed by atoms with Gasteiger partial charge in [-0.3, -0.25) is 4.90 Å². The Morgan fingerprint density at radius 3 is 2.55 bits per heavy atom. The predicted molar refractivity (Wildman–Crippen MR) is 87.1 cm³/mol. The molecular formula is C18H30N2. The minimum absolute atomic E-state index is 0.680. The second-order valence-corrected chi connectivity index (χ2v) is 6.22. The lowest BCUT2D eigenvalue weighted by molar-refractivity contribution is 0.139. The van der Waals surface area contributed by atoms with E-state index >= 15 is 0 Å². The molecule has 1 saturated heterocycles. The first-order valence-corrected chi connectivity index (χ1v) is 8.28. The number of hydrogen-bond acceptors (Lipinski definition) is 2. The molecule has 0 aromatic heterocycles. The Balaban J connectivity index is 1.69. The SMILES string of the molecule is CCCNCC(C)N1CCC(Cc2ccccc2)CC1. The van der Waals surface area contributed by atoms with Crippen molar-refractivity contribution < 1.29 is 0 Å². The maximum absolute atomic E-state index is 3.54. The number of piperidine rings is 1. The van der Waals surface area contributed by atoms with Crippen molar-refractivity contribution in [3.05, 3.63) is 35.9 Å². The van der Waals surface area contributed by atoms with Crippen LogP contribution in [0.25, 0.3) is 0 Å².